The number of para-hydroxylation sites is 1. The molecule has 0 fully saturated rings. The van der Waals surface area contributed by atoms with E-state index in [-0.39, 0.29) is 30.1 Å². The van der Waals surface area contributed by atoms with Gasteiger partial charge in [-0.3, -0.25) is 9.59 Å². The van der Waals surface area contributed by atoms with Crippen molar-refractivity contribution in [2.75, 3.05) is 11.9 Å². The maximum Gasteiger partial charge on any atom is 0.331 e. The van der Waals surface area contributed by atoms with Gasteiger partial charge in [-0.2, -0.15) is 4.98 Å². The summed E-state index contributed by atoms with van der Waals surface area (Å²) in [6, 6.07) is 9.64. The first-order valence-corrected chi connectivity index (χ1v) is 10.7. The maximum atomic E-state index is 13.9. The first kappa shape index (κ1) is 24.7. The van der Waals surface area contributed by atoms with E-state index in [9.17, 15) is 18.8 Å². The van der Waals surface area contributed by atoms with Crippen LogP contribution in [-0.2, 0) is 20.7 Å². The number of aryl methyl sites for hydroxylation is 1. The molecule has 3 rings (SSSR count). The molecule has 0 aliphatic heterocycles. The number of rotatable bonds is 9. The van der Waals surface area contributed by atoms with Crippen molar-refractivity contribution < 1.29 is 33.0 Å². The first-order chi connectivity index (χ1) is 16.0. The second-order valence-corrected chi connectivity index (χ2v) is 8.64. The normalized spacial score (nSPS) is 12.2. The molecular weight excluding hydrogens is 445 g/mol. The molecule has 1 heterocycles. The minimum absolute atomic E-state index is 0.00545. The van der Waals surface area contributed by atoms with Crippen molar-refractivity contribution in [1.29, 1.82) is 0 Å². The van der Waals surface area contributed by atoms with Crippen LogP contribution in [0.25, 0.3) is 11.1 Å². The molecule has 0 spiro atoms. The van der Waals surface area contributed by atoms with Crippen LogP contribution >= 0.6 is 0 Å². The molecule has 34 heavy (non-hydrogen) atoms. The van der Waals surface area contributed by atoms with Crippen LogP contribution < -0.4 is 10.6 Å². The van der Waals surface area contributed by atoms with Crippen LogP contribution in [-0.4, -0.2) is 46.1 Å². The van der Waals surface area contributed by atoms with E-state index in [1.165, 1.54) is 12.1 Å². The fourth-order valence-corrected chi connectivity index (χ4v) is 3.06. The third kappa shape index (κ3) is 6.77. The first-order valence-electron chi connectivity index (χ1n) is 10.7. The number of halogens is 1. The molecule has 0 aliphatic carbocycles. The SMILES string of the molecule is CC(C)(C)OC(=O)C(CNC(=O)c1ccc(CCC(=O)O)cc1)Nc1nc2cccc(F)c2o1. The second kappa shape index (κ2) is 10.3. The minimum Gasteiger partial charge on any atom is -0.481 e. The van der Waals surface area contributed by atoms with Gasteiger partial charge in [0.25, 0.3) is 11.9 Å². The Hall–Kier alpha value is -3.95. The number of hydrogen-bond acceptors (Lipinski definition) is 7. The van der Waals surface area contributed by atoms with Gasteiger partial charge in [-0.25, -0.2) is 9.18 Å². The fourth-order valence-electron chi connectivity index (χ4n) is 3.06. The molecule has 0 saturated heterocycles. The van der Waals surface area contributed by atoms with Crippen molar-refractivity contribution in [2.45, 2.75) is 45.3 Å². The Morgan fingerprint density at radius 3 is 2.47 bits per heavy atom. The highest BCUT2D eigenvalue weighted by molar-refractivity contribution is 5.94. The number of benzene rings is 2. The summed E-state index contributed by atoms with van der Waals surface area (Å²) in [5.41, 5.74) is 0.569. The van der Waals surface area contributed by atoms with Crippen LogP contribution in [0.2, 0.25) is 0 Å². The fraction of sp³-hybridized carbons (Fsp3) is 0.333. The van der Waals surface area contributed by atoms with Gasteiger partial charge < -0.3 is 24.9 Å². The Labute approximate surface area is 195 Å². The summed E-state index contributed by atoms with van der Waals surface area (Å²) < 4.78 is 24.8. The van der Waals surface area contributed by atoms with E-state index in [4.69, 9.17) is 14.3 Å². The number of esters is 1. The van der Waals surface area contributed by atoms with Crippen molar-refractivity contribution in [2.24, 2.45) is 0 Å². The molecule has 180 valence electrons. The lowest BCUT2D eigenvalue weighted by Crippen LogP contribution is -2.44. The van der Waals surface area contributed by atoms with E-state index in [1.54, 1.807) is 51.1 Å². The van der Waals surface area contributed by atoms with E-state index in [0.717, 1.165) is 5.56 Å². The van der Waals surface area contributed by atoms with Crippen molar-refractivity contribution in [1.82, 2.24) is 10.3 Å². The number of carbonyl (C=O) groups excluding carboxylic acids is 2. The minimum atomic E-state index is -1.06. The number of carboxylic acids is 1. The standard InChI is InChI=1S/C24H26FN3O6/c1-24(2,3)34-22(32)18(28-23-27-17-6-4-5-16(25)20(17)33-23)13-26-21(31)15-10-7-14(8-11-15)9-12-19(29)30/h4-8,10-11,18H,9,12-13H2,1-3H3,(H,26,31)(H,27,28)(H,29,30). The number of aliphatic carboxylic acids is 1. The van der Waals surface area contributed by atoms with Gasteiger partial charge >= 0.3 is 11.9 Å². The molecule has 0 bridgehead atoms. The van der Waals surface area contributed by atoms with Crippen LogP contribution in [0.4, 0.5) is 10.4 Å². The van der Waals surface area contributed by atoms with Crippen LogP contribution in [0.1, 0.15) is 43.1 Å². The monoisotopic (exact) mass is 471 g/mol. The summed E-state index contributed by atoms with van der Waals surface area (Å²) in [6.45, 7) is 4.97. The molecule has 10 heteroatoms. The Morgan fingerprint density at radius 1 is 1.15 bits per heavy atom. The van der Waals surface area contributed by atoms with E-state index < -0.39 is 35.3 Å². The molecule has 1 unspecified atom stereocenters. The highest BCUT2D eigenvalue weighted by Gasteiger charge is 2.27. The number of aromatic nitrogens is 1. The number of nitrogens with zero attached hydrogens (tertiary/aromatic N) is 1. The summed E-state index contributed by atoms with van der Waals surface area (Å²) in [7, 11) is 0. The highest BCUT2D eigenvalue weighted by atomic mass is 19.1. The topological polar surface area (TPSA) is 131 Å². The largest absolute Gasteiger partial charge is 0.481 e. The number of hydrogen-bond donors (Lipinski definition) is 3. The van der Waals surface area contributed by atoms with Crippen LogP contribution in [0.15, 0.2) is 46.9 Å². The number of ether oxygens (including phenoxy) is 1. The van der Waals surface area contributed by atoms with Crippen LogP contribution in [0.3, 0.4) is 0 Å². The average molecular weight is 471 g/mol. The number of oxazole rings is 1. The number of nitrogens with one attached hydrogen (secondary N) is 2. The molecule has 1 atom stereocenters. The molecule has 3 aromatic rings. The van der Waals surface area contributed by atoms with Gasteiger partial charge in [0.1, 0.15) is 17.2 Å². The van der Waals surface area contributed by atoms with Gasteiger partial charge in [-0.05, 0) is 57.0 Å². The molecular formula is C24H26FN3O6. The predicted molar refractivity (Wildman–Crippen MR) is 122 cm³/mol. The van der Waals surface area contributed by atoms with Gasteiger partial charge in [0, 0.05) is 18.5 Å². The van der Waals surface area contributed by atoms with E-state index in [1.807, 2.05) is 0 Å². The molecule has 1 aromatic heterocycles. The number of fused-ring (bicyclic) bond motifs is 1. The number of carbonyl (C=O) groups is 3. The Morgan fingerprint density at radius 2 is 1.85 bits per heavy atom. The van der Waals surface area contributed by atoms with Crippen LogP contribution in [0, 0.1) is 5.82 Å². The Bertz CT molecular complexity index is 1180. The van der Waals surface area contributed by atoms with Gasteiger partial charge in [-0.1, -0.05) is 18.2 Å². The molecule has 2 aromatic carbocycles. The zero-order chi connectivity index (χ0) is 24.9. The van der Waals surface area contributed by atoms with Gasteiger partial charge in [0.15, 0.2) is 11.4 Å². The Kier molecular flexibility index (Phi) is 7.50. The van der Waals surface area contributed by atoms with Crippen molar-refractivity contribution in [3.63, 3.8) is 0 Å². The molecule has 0 radical (unpaired) electrons. The summed E-state index contributed by atoms with van der Waals surface area (Å²) in [5, 5.41) is 14.2. The number of anilines is 1. The summed E-state index contributed by atoms with van der Waals surface area (Å²) in [4.78, 5) is 40.2. The molecule has 3 N–H and O–H groups in total. The molecule has 0 aliphatic rings. The Balaban J connectivity index is 1.70. The van der Waals surface area contributed by atoms with Gasteiger partial charge in [0.05, 0.1) is 0 Å². The quantitative estimate of drug-likeness (QED) is 0.404. The average Bonchev–Trinajstić information content (AvgIpc) is 3.18. The number of amides is 1. The number of carboxylic acid groups (broad SMARTS) is 1. The summed E-state index contributed by atoms with van der Waals surface area (Å²) in [5.74, 6) is -2.58. The van der Waals surface area contributed by atoms with Gasteiger partial charge in [-0.15, -0.1) is 0 Å². The smallest absolute Gasteiger partial charge is 0.331 e. The third-order valence-electron chi connectivity index (χ3n) is 4.67. The van der Waals surface area contributed by atoms with E-state index in [0.29, 0.717) is 12.0 Å². The molecule has 9 nitrogen and oxygen atoms in total. The van der Waals surface area contributed by atoms with Crippen LogP contribution in [0.5, 0.6) is 0 Å². The van der Waals surface area contributed by atoms with E-state index in [2.05, 4.69) is 15.6 Å². The van der Waals surface area contributed by atoms with Gasteiger partial charge in [0.2, 0.25) is 0 Å². The maximum absolute atomic E-state index is 13.9. The van der Waals surface area contributed by atoms with Crippen molar-refractivity contribution in [3.8, 4) is 0 Å². The lowest BCUT2D eigenvalue weighted by molar-refractivity contribution is -0.155. The third-order valence-corrected chi connectivity index (χ3v) is 4.67. The lowest BCUT2D eigenvalue weighted by atomic mass is 10.1. The summed E-state index contributed by atoms with van der Waals surface area (Å²) >= 11 is 0. The highest BCUT2D eigenvalue weighted by Crippen LogP contribution is 2.22. The van der Waals surface area contributed by atoms with E-state index >= 15 is 0 Å². The van der Waals surface area contributed by atoms with Crippen molar-refractivity contribution >= 4 is 35.0 Å². The second-order valence-electron chi connectivity index (χ2n) is 8.64. The zero-order valence-corrected chi connectivity index (χ0v) is 19.1. The van der Waals surface area contributed by atoms with Crippen molar-refractivity contribution in [3.05, 3.63) is 59.4 Å². The summed E-state index contributed by atoms with van der Waals surface area (Å²) in [6.07, 6.45) is 0.349. The molecule has 1 amide bonds. The zero-order valence-electron chi connectivity index (χ0n) is 19.1. The molecule has 0 saturated carbocycles. The predicted octanol–water partition coefficient (Wildman–Crippen LogP) is 3.54. The lowest BCUT2D eigenvalue weighted by Gasteiger charge is -2.24.